The largest absolute Gasteiger partial charge is 0.305 e. The van der Waals surface area contributed by atoms with Crippen LogP contribution in [0.1, 0.15) is 6.42 Å². The molecule has 44 valence electrons. The van der Waals surface area contributed by atoms with E-state index < -0.39 is 0 Å². The maximum absolute atomic E-state index is 4.56. The third kappa shape index (κ3) is 6.27. The van der Waals surface area contributed by atoms with Gasteiger partial charge in [-0.05, 0) is 12.2 Å². The van der Waals surface area contributed by atoms with Gasteiger partial charge >= 0.3 is 0 Å². The van der Waals surface area contributed by atoms with Crippen LogP contribution in [0, 0.1) is 0 Å². The zero-order valence-corrected chi connectivity index (χ0v) is 5.37. The van der Waals surface area contributed by atoms with Gasteiger partial charge in [0.1, 0.15) is 0 Å². The Kier molecular flexibility index (Phi) is 6.51. The molecule has 0 fully saturated rings. The molecule has 0 spiro atoms. The van der Waals surface area contributed by atoms with E-state index in [0.29, 0.717) is 0 Å². The third-order valence-corrected chi connectivity index (χ3v) is 0.898. The van der Waals surface area contributed by atoms with Crippen LogP contribution in [0.2, 0.25) is 0 Å². The summed E-state index contributed by atoms with van der Waals surface area (Å²) in [5.74, 6) is 0.913. The molecule has 0 saturated heterocycles. The molecule has 0 aromatic rings. The van der Waals surface area contributed by atoms with Crippen LogP contribution in [0.5, 0.6) is 0 Å². The van der Waals surface area contributed by atoms with Crippen molar-refractivity contribution in [2.24, 2.45) is 0 Å². The second-order valence-corrected chi connectivity index (χ2v) is 1.62. The summed E-state index contributed by atoms with van der Waals surface area (Å²) in [5.41, 5.74) is 2.70. The van der Waals surface area contributed by atoms with Gasteiger partial charge in [0.05, 0.1) is 7.11 Å². The summed E-state index contributed by atoms with van der Waals surface area (Å²) in [6.45, 7) is 0.889. The fourth-order valence-corrected chi connectivity index (χ4v) is 0.411. The van der Waals surface area contributed by atoms with E-state index in [1.165, 1.54) is 0 Å². The van der Waals surface area contributed by atoms with Crippen molar-refractivity contribution in [2.45, 2.75) is 6.42 Å². The Morgan fingerprint density at radius 1 is 1.71 bits per heavy atom. The van der Waals surface area contributed by atoms with Crippen molar-refractivity contribution in [3.05, 3.63) is 0 Å². The van der Waals surface area contributed by atoms with Crippen LogP contribution >= 0.6 is 12.6 Å². The van der Waals surface area contributed by atoms with Gasteiger partial charge in [-0.25, -0.2) is 5.48 Å². The van der Waals surface area contributed by atoms with Crippen molar-refractivity contribution in [3.8, 4) is 0 Å². The molecule has 0 aliphatic rings. The number of thiol groups is 1. The Morgan fingerprint density at radius 3 is 2.86 bits per heavy atom. The minimum Gasteiger partial charge on any atom is -0.305 e. The summed E-state index contributed by atoms with van der Waals surface area (Å²) >= 11 is 4.00. The number of hydrogen-bond donors (Lipinski definition) is 2. The van der Waals surface area contributed by atoms with Crippen molar-refractivity contribution in [3.63, 3.8) is 0 Å². The monoisotopic (exact) mass is 121 g/mol. The topological polar surface area (TPSA) is 21.3 Å². The number of hydrogen-bond acceptors (Lipinski definition) is 3. The highest BCUT2D eigenvalue weighted by atomic mass is 32.1. The zero-order chi connectivity index (χ0) is 5.54. The number of hydroxylamine groups is 1. The molecule has 2 nitrogen and oxygen atoms in total. The molecule has 1 N–H and O–H groups in total. The summed E-state index contributed by atoms with van der Waals surface area (Å²) in [5, 5.41) is 0. The first-order valence-corrected chi connectivity index (χ1v) is 2.91. The highest BCUT2D eigenvalue weighted by Crippen LogP contribution is 1.78. The van der Waals surface area contributed by atoms with Gasteiger partial charge in [-0.15, -0.1) is 0 Å². The molecule has 0 amide bonds. The third-order valence-electron chi connectivity index (χ3n) is 0.581. The smallest absolute Gasteiger partial charge is 0.0572 e. The Morgan fingerprint density at radius 2 is 2.43 bits per heavy atom. The predicted molar refractivity (Wildman–Crippen MR) is 33.5 cm³/mol. The molecule has 0 aliphatic carbocycles. The van der Waals surface area contributed by atoms with Crippen molar-refractivity contribution < 1.29 is 4.84 Å². The van der Waals surface area contributed by atoms with Gasteiger partial charge < -0.3 is 4.84 Å². The molecule has 0 rings (SSSR count). The average molecular weight is 121 g/mol. The van der Waals surface area contributed by atoms with E-state index in [4.69, 9.17) is 0 Å². The Labute approximate surface area is 49.6 Å². The van der Waals surface area contributed by atoms with E-state index in [1.54, 1.807) is 7.11 Å². The molecule has 3 heteroatoms. The van der Waals surface area contributed by atoms with Crippen LogP contribution in [0.3, 0.4) is 0 Å². The number of nitrogens with one attached hydrogen (secondary N) is 1. The van der Waals surface area contributed by atoms with Gasteiger partial charge in [-0.2, -0.15) is 12.6 Å². The molecule has 0 heterocycles. The molecule has 0 aliphatic heterocycles. The van der Waals surface area contributed by atoms with Gasteiger partial charge in [-0.3, -0.25) is 0 Å². The van der Waals surface area contributed by atoms with E-state index >= 15 is 0 Å². The zero-order valence-electron chi connectivity index (χ0n) is 4.48. The lowest BCUT2D eigenvalue weighted by Crippen LogP contribution is -2.12. The van der Waals surface area contributed by atoms with E-state index in [9.17, 15) is 0 Å². The van der Waals surface area contributed by atoms with E-state index in [2.05, 4.69) is 22.9 Å². The van der Waals surface area contributed by atoms with Crippen LogP contribution < -0.4 is 5.48 Å². The standard InChI is InChI=1S/C4H11NOS/c1-6-5-3-2-4-7/h5,7H,2-4H2,1H3. The molecular formula is C4H11NOS. The van der Waals surface area contributed by atoms with E-state index in [1.807, 2.05) is 0 Å². The van der Waals surface area contributed by atoms with Gasteiger partial charge in [0, 0.05) is 6.54 Å². The van der Waals surface area contributed by atoms with Crippen molar-refractivity contribution in [2.75, 3.05) is 19.4 Å². The first kappa shape index (κ1) is 7.27. The molecule has 0 bridgehead atoms. The SMILES string of the molecule is CONCCCS. The lowest BCUT2D eigenvalue weighted by Gasteiger charge is -1.95. The van der Waals surface area contributed by atoms with Crippen LogP contribution in [0.15, 0.2) is 0 Å². The lowest BCUT2D eigenvalue weighted by molar-refractivity contribution is 0.0923. The second-order valence-electron chi connectivity index (χ2n) is 1.18. The summed E-state index contributed by atoms with van der Waals surface area (Å²) in [4.78, 5) is 4.56. The van der Waals surface area contributed by atoms with Crippen molar-refractivity contribution >= 4 is 12.6 Å². The second kappa shape index (κ2) is 6.27. The van der Waals surface area contributed by atoms with Crippen molar-refractivity contribution in [1.29, 1.82) is 0 Å². The van der Waals surface area contributed by atoms with Crippen LogP contribution in [0.25, 0.3) is 0 Å². The summed E-state index contributed by atoms with van der Waals surface area (Å²) in [6.07, 6.45) is 1.05. The van der Waals surface area contributed by atoms with E-state index in [0.717, 1.165) is 18.7 Å². The van der Waals surface area contributed by atoms with Crippen molar-refractivity contribution in [1.82, 2.24) is 5.48 Å². The fraction of sp³-hybridized carbons (Fsp3) is 1.00. The first-order valence-electron chi connectivity index (χ1n) is 2.28. The Hall–Kier alpha value is 0.270. The molecular weight excluding hydrogens is 110 g/mol. The molecule has 0 atom stereocenters. The fourth-order valence-electron chi connectivity index (χ4n) is 0.253. The Balaban J connectivity index is 2.45. The number of rotatable bonds is 4. The molecule has 7 heavy (non-hydrogen) atoms. The Bertz CT molecular complexity index is 30.9. The lowest BCUT2D eigenvalue weighted by atomic mass is 10.5. The summed E-state index contributed by atoms with van der Waals surface area (Å²) < 4.78 is 0. The first-order chi connectivity index (χ1) is 3.41. The van der Waals surface area contributed by atoms with Gasteiger partial charge in [0.15, 0.2) is 0 Å². The van der Waals surface area contributed by atoms with Gasteiger partial charge in [-0.1, -0.05) is 0 Å². The normalized spacial score (nSPS) is 9.43. The highest BCUT2D eigenvalue weighted by molar-refractivity contribution is 7.80. The summed E-state index contributed by atoms with van der Waals surface area (Å²) in [7, 11) is 1.61. The minimum absolute atomic E-state index is 0.889. The average Bonchev–Trinajstić information content (AvgIpc) is 1.69. The predicted octanol–water partition coefficient (Wildman–Crippen LogP) is 0.457. The van der Waals surface area contributed by atoms with Crippen LogP contribution in [-0.2, 0) is 4.84 Å². The minimum atomic E-state index is 0.889. The van der Waals surface area contributed by atoms with E-state index in [-0.39, 0.29) is 0 Å². The van der Waals surface area contributed by atoms with Gasteiger partial charge in [0.25, 0.3) is 0 Å². The quantitative estimate of drug-likeness (QED) is 0.320. The van der Waals surface area contributed by atoms with Crippen LogP contribution in [0.4, 0.5) is 0 Å². The molecule has 0 saturated carbocycles. The highest BCUT2D eigenvalue weighted by Gasteiger charge is 1.78. The molecule has 0 unspecified atom stereocenters. The molecule has 0 radical (unpaired) electrons. The summed E-state index contributed by atoms with van der Waals surface area (Å²) in [6, 6.07) is 0. The van der Waals surface area contributed by atoms with Gasteiger partial charge in [0.2, 0.25) is 0 Å². The van der Waals surface area contributed by atoms with Crippen LogP contribution in [-0.4, -0.2) is 19.4 Å². The molecule has 0 aromatic heterocycles. The maximum Gasteiger partial charge on any atom is 0.0572 e. The molecule has 0 aromatic carbocycles. The maximum atomic E-state index is 4.56.